The number of carbonyl (C=O) groups is 1. The monoisotopic (exact) mass is 250 g/mol. The molecule has 1 unspecified atom stereocenters. The number of aromatic nitrogens is 1. The van der Waals surface area contributed by atoms with Gasteiger partial charge in [0.1, 0.15) is 5.56 Å². The predicted octanol–water partition coefficient (Wildman–Crippen LogP) is 1.85. The van der Waals surface area contributed by atoms with Gasteiger partial charge in [-0.3, -0.25) is 4.98 Å². The number of hydrogen-bond acceptors (Lipinski definition) is 4. The Morgan fingerprint density at radius 2 is 2.39 bits per heavy atom. The number of hydrogen-bond donors (Lipinski definition) is 2. The zero-order chi connectivity index (χ0) is 13.1. The predicted molar refractivity (Wildman–Crippen MR) is 68.1 cm³/mol. The molecule has 0 aliphatic carbocycles. The van der Waals surface area contributed by atoms with E-state index >= 15 is 0 Å². The normalized spacial score (nSPS) is 18.9. The van der Waals surface area contributed by atoms with Crippen molar-refractivity contribution in [1.29, 1.82) is 0 Å². The van der Waals surface area contributed by atoms with E-state index in [1.807, 2.05) is 6.92 Å². The number of carboxylic acid groups (broad SMARTS) is 1. The van der Waals surface area contributed by atoms with Crippen molar-refractivity contribution in [3.05, 3.63) is 23.0 Å². The highest BCUT2D eigenvalue weighted by Crippen LogP contribution is 2.21. The lowest BCUT2D eigenvalue weighted by Crippen LogP contribution is -2.17. The molecule has 2 rings (SSSR count). The maximum absolute atomic E-state index is 11.2. The lowest BCUT2D eigenvalue weighted by atomic mass is 10.1. The van der Waals surface area contributed by atoms with E-state index in [4.69, 9.17) is 4.74 Å². The number of nitrogens with zero attached hydrogens (tertiary/aromatic N) is 1. The van der Waals surface area contributed by atoms with Gasteiger partial charge in [0.15, 0.2) is 0 Å². The Morgan fingerprint density at radius 1 is 1.61 bits per heavy atom. The second-order valence-electron chi connectivity index (χ2n) is 4.69. The van der Waals surface area contributed by atoms with Gasteiger partial charge in [0, 0.05) is 24.8 Å². The fourth-order valence-corrected chi connectivity index (χ4v) is 2.24. The van der Waals surface area contributed by atoms with Crippen LogP contribution in [0.2, 0.25) is 0 Å². The molecule has 0 radical (unpaired) electrons. The van der Waals surface area contributed by atoms with Crippen molar-refractivity contribution in [3.63, 3.8) is 0 Å². The highest BCUT2D eigenvalue weighted by Gasteiger charge is 2.18. The summed E-state index contributed by atoms with van der Waals surface area (Å²) in [6.07, 6.45) is 1.03. The van der Waals surface area contributed by atoms with Crippen LogP contribution >= 0.6 is 0 Å². The Morgan fingerprint density at radius 3 is 3.00 bits per heavy atom. The summed E-state index contributed by atoms with van der Waals surface area (Å²) >= 11 is 0. The van der Waals surface area contributed by atoms with Gasteiger partial charge in [-0.15, -0.1) is 0 Å². The van der Waals surface area contributed by atoms with Crippen LogP contribution in [-0.2, 0) is 4.74 Å². The van der Waals surface area contributed by atoms with Gasteiger partial charge in [0.05, 0.1) is 18.0 Å². The number of nitrogens with one attached hydrogen (secondary N) is 1. The van der Waals surface area contributed by atoms with E-state index in [0.717, 1.165) is 31.9 Å². The van der Waals surface area contributed by atoms with Crippen molar-refractivity contribution in [2.45, 2.75) is 20.3 Å². The van der Waals surface area contributed by atoms with E-state index in [1.165, 1.54) is 0 Å². The summed E-state index contributed by atoms with van der Waals surface area (Å²) in [4.78, 5) is 15.4. The Hall–Kier alpha value is -1.62. The number of carboxylic acids is 1. The first-order valence-electron chi connectivity index (χ1n) is 6.11. The maximum Gasteiger partial charge on any atom is 0.339 e. The summed E-state index contributed by atoms with van der Waals surface area (Å²) in [5.41, 5.74) is 2.29. The van der Waals surface area contributed by atoms with E-state index in [1.54, 1.807) is 13.0 Å². The average Bonchev–Trinajstić information content (AvgIpc) is 2.77. The molecular weight excluding hydrogens is 232 g/mol. The average molecular weight is 250 g/mol. The van der Waals surface area contributed by atoms with Gasteiger partial charge < -0.3 is 15.2 Å². The minimum absolute atomic E-state index is 0.263. The lowest BCUT2D eigenvalue weighted by molar-refractivity contribution is 0.0696. The number of rotatable bonds is 4. The second kappa shape index (κ2) is 5.35. The fourth-order valence-electron chi connectivity index (χ4n) is 2.24. The molecule has 1 aliphatic rings. The quantitative estimate of drug-likeness (QED) is 0.853. The first kappa shape index (κ1) is 12.8. The third-order valence-electron chi connectivity index (χ3n) is 3.15. The van der Waals surface area contributed by atoms with Crippen LogP contribution in [0.15, 0.2) is 6.07 Å². The number of anilines is 1. The van der Waals surface area contributed by atoms with E-state index in [0.29, 0.717) is 17.3 Å². The van der Waals surface area contributed by atoms with Crippen LogP contribution in [0.3, 0.4) is 0 Å². The molecule has 5 nitrogen and oxygen atoms in total. The van der Waals surface area contributed by atoms with Gasteiger partial charge in [0.2, 0.25) is 0 Å². The Labute approximate surface area is 106 Å². The smallest absolute Gasteiger partial charge is 0.339 e. The molecule has 0 saturated carbocycles. The third-order valence-corrected chi connectivity index (χ3v) is 3.15. The molecule has 1 atom stereocenters. The minimum Gasteiger partial charge on any atom is -0.478 e. The number of ether oxygens (including phenoxy) is 1. The molecule has 1 aliphatic heterocycles. The number of pyridine rings is 1. The van der Waals surface area contributed by atoms with Gasteiger partial charge in [-0.2, -0.15) is 0 Å². The van der Waals surface area contributed by atoms with Crippen molar-refractivity contribution in [1.82, 2.24) is 4.98 Å². The summed E-state index contributed by atoms with van der Waals surface area (Å²) in [6, 6.07) is 1.78. The minimum atomic E-state index is -0.940. The zero-order valence-corrected chi connectivity index (χ0v) is 10.7. The van der Waals surface area contributed by atoms with E-state index < -0.39 is 5.97 Å². The number of aromatic carboxylic acids is 1. The Balaban J connectivity index is 2.16. The first-order valence-corrected chi connectivity index (χ1v) is 6.11. The van der Waals surface area contributed by atoms with E-state index in [9.17, 15) is 9.90 Å². The van der Waals surface area contributed by atoms with Gasteiger partial charge in [-0.05, 0) is 26.3 Å². The molecule has 1 aromatic heterocycles. The van der Waals surface area contributed by atoms with Crippen molar-refractivity contribution in [3.8, 4) is 0 Å². The molecule has 0 aromatic carbocycles. The topological polar surface area (TPSA) is 71.5 Å². The van der Waals surface area contributed by atoms with Gasteiger partial charge in [0.25, 0.3) is 0 Å². The summed E-state index contributed by atoms with van der Waals surface area (Å²) in [6.45, 7) is 5.87. The second-order valence-corrected chi connectivity index (χ2v) is 4.69. The Bertz CT molecular complexity index is 454. The molecule has 0 amide bonds. The van der Waals surface area contributed by atoms with Gasteiger partial charge in [-0.1, -0.05) is 0 Å². The molecule has 2 N–H and O–H groups in total. The standard InChI is InChI=1S/C13H18N2O3/c1-8-5-11(12(13(16)17)9(2)15-8)14-6-10-3-4-18-7-10/h5,10H,3-4,6-7H2,1-2H3,(H,14,15)(H,16,17). The summed E-state index contributed by atoms with van der Waals surface area (Å²) in [7, 11) is 0. The molecule has 0 bridgehead atoms. The van der Waals surface area contributed by atoms with Crippen LogP contribution in [0.5, 0.6) is 0 Å². The molecule has 18 heavy (non-hydrogen) atoms. The number of aryl methyl sites for hydroxylation is 2. The van der Waals surface area contributed by atoms with Crippen molar-refractivity contribution < 1.29 is 14.6 Å². The van der Waals surface area contributed by atoms with Gasteiger partial charge >= 0.3 is 5.97 Å². The largest absolute Gasteiger partial charge is 0.478 e. The van der Waals surface area contributed by atoms with Crippen LogP contribution < -0.4 is 5.32 Å². The molecule has 2 heterocycles. The fraction of sp³-hybridized carbons (Fsp3) is 0.538. The third kappa shape index (κ3) is 2.79. The maximum atomic E-state index is 11.2. The van der Waals surface area contributed by atoms with Crippen LogP contribution in [0.4, 0.5) is 5.69 Å². The van der Waals surface area contributed by atoms with Crippen LogP contribution in [0.1, 0.15) is 28.2 Å². The molecule has 98 valence electrons. The van der Waals surface area contributed by atoms with Crippen LogP contribution in [0.25, 0.3) is 0 Å². The summed E-state index contributed by atoms with van der Waals surface area (Å²) < 4.78 is 5.30. The summed E-state index contributed by atoms with van der Waals surface area (Å²) in [5, 5.41) is 12.4. The molecule has 0 spiro atoms. The van der Waals surface area contributed by atoms with Crippen molar-refractivity contribution in [2.24, 2.45) is 5.92 Å². The van der Waals surface area contributed by atoms with Crippen molar-refractivity contribution >= 4 is 11.7 Å². The highest BCUT2D eigenvalue weighted by atomic mass is 16.5. The van der Waals surface area contributed by atoms with Gasteiger partial charge in [-0.25, -0.2) is 4.79 Å². The van der Waals surface area contributed by atoms with Crippen molar-refractivity contribution in [2.75, 3.05) is 25.1 Å². The van der Waals surface area contributed by atoms with E-state index in [-0.39, 0.29) is 5.56 Å². The molecule has 1 fully saturated rings. The Kier molecular flexibility index (Phi) is 3.81. The molecular formula is C13H18N2O3. The SMILES string of the molecule is Cc1cc(NCC2CCOC2)c(C(=O)O)c(C)n1. The van der Waals surface area contributed by atoms with E-state index in [2.05, 4.69) is 10.3 Å². The van der Waals surface area contributed by atoms with Crippen LogP contribution in [0, 0.1) is 19.8 Å². The zero-order valence-electron chi connectivity index (χ0n) is 10.7. The molecule has 1 aromatic rings. The lowest BCUT2D eigenvalue weighted by Gasteiger charge is -2.14. The molecule has 5 heteroatoms. The molecule has 1 saturated heterocycles. The van der Waals surface area contributed by atoms with Crippen LogP contribution in [-0.4, -0.2) is 35.8 Å². The summed E-state index contributed by atoms with van der Waals surface area (Å²) in [5.74, 6) is -0.481. The highest BCUT2D eigenvalue weighted by molar-refractivity contribution is 5.95. The first-order chi connectivity index (χ1) is 8.58.